The van der Waals surface area contributed by atoms with Crippen LogP contribution in [0.4, 0.5) is 4.39 Å². The molecule has 5 rings (SSSR count). The van der Waals surface area contributed by atoms with Crippen LogP contribution < -0.4 is 5.56 Å². The summed E-state index contributed by atoms with van der Waals surface area (Å²) in [7, 11) is 0. The number of halogens is 1. The van der Waals surface area contributed by atoms with Crippen LogP contribution in [0.1, 0.15) is 55.2 Å². The second-order valence-corrected chi connectivity index (χ2v) is 9.11. The predicted octanol–water partition coefficient (Wildman–Crippen LogP) is 2.83. The van der Waals surface area contributed by atoms with Gasteiger partial charge in [-0.15, -0.1) is 0 Å². The third-order valence-corrected chi connectivity index (χ3v) is 6.75. The molecule has 4 heterocycles. The van der Waals surface area contributed by atoms with E-state index in [0.29, 0.717) is 31.2 Å². The van der Waals surface area contributed by atoms with Crippen LogP contribution in [0.25, 0.3) is 5.65 Å². The zero-order valence-corrected chi connectivity index (χ0v) is 18.5. The lowest BCUT2D eigenvalue weighted by atomic mass is 10.1. The number of carbonyl (C=O) groups is 1. The van der Waals surface area contributed by atoms with Crippen molar-refractivity contribution in [2.45, 2.75) is 58.2 Å². The minimum Gasteiger partial charge on any atom is -0.334 e. The summed E-state index contributed by atoms with van der Waals surface area (Å²) in [6.45, 7) is 6.52. The summed E-state index contributed by atoms with van der Waals surface area (Å²) in [5.41, 5.74) is 3.83. The van der Waals surface area contributed by atoms with E-state index < -0.39 is 0 Å². The van der Waals surface area contributed by atoms with Gasteiger partial charge in [-0.05, 0) is 50.8 Å². The highest BCUT2D eigenvalue weighted by Gasteiger charge is 2.32. The molecule has 1 amide bonds. The van der Waals surface area contributed by atoms with Gasteiger partial charge >= 0.3 is 0 Å². The number of likely N-dealkylation sites (tertiary alicyclic amines) is 1. The van der Waals surface area contributed by atoms with Gasteiger partial charge in [-0.25, -0.2) is 13.9 Å². The van der Waals surface area contributed by atoms with Gasteiger partial charge in [0.1, 0.15) is 5.82 Å². The molecule has 1 atom stereocenters. The predicted molar refractivity (Wildman–Crippen MR) is 119 cm³/mol. The summed E-state index contributed by atoms with van der Waals surface area (Å²) in [5, 5.41) is 3.23. The Morgan fingerprint density at radius 3 is 2.78 bits per heavy atom. The van der Waals surface area contributed by atoms with Crippen molar-refractivity contribution in [1.82, 2.24) is 24.4 Å². The molecule has 2 aromatic heterocycles. The fourth-order valence-electron chi connectivity index (χ4n) is 4.91. The summed E-state index contributed by atoms with van der Waals surface area (Å²) in [6.07, 6.45) is 2.66. The number of fused-ring (bicyclic) bond motifs is 2. The van der Waals surface area contributed by atoms with E-state index in [9.17, 15) is 14.0 Å². The molecule has 32 heavy (non-hydrogen) atoms. The number of H-pyrrole nitrogens is 1. The molecule has 1 fully saturated rings. The van der Waals surface area contributed by atoms with Gasteiger partial charge < -0.3 is 4.90 Å². The van der Waals surface area contributed by atoms with E-state index in [2.05, 4.69) is 23.8 Å². The van der Waals surface area contributed by atoms with Crippen molar-refractivity contribution in [3.05, 3.63) is 69.0 Å². The molecular weight excluding hydrogens is 409 g/mol. The number of rotatable bonds is 4. The van der Waals surface area contributed by atoms with Gasteiger partial charge in [0.25, 0.3) is 5.56 Å². The normalized spacial score (nSPS) is 19.1. The lowest BCUT2D eigenvalue weighted by Crippen LogP contribution is -2.39. The fraction of sp³-hybridized carbons (Fsp3) is 0.458. The SMILES string of the molecule is CC(C)N1CCc2c(nc3cc([C@H]4CCCN4C(=O)Cc4ccc(F)cc4)[nH]n3c2=O)C1. The number of aromatic amines is 1. The van der Waals surface area contributed by atoms with E-state index in [1.807, 2.05) is 11.0 Å². The van der Waals surface area contributed by atoms with Gasteiger partial charge in [-0.3, -0.25) is 19.6 Å². The Labute approximate surface area is 185 Å². The number of benzene rings is 1. The maximum absolute atomic E-state index is 13.2. The zero-order valence-electron chi connectivity index (χ0n) is 18.5. The van der Waals surface area contributed by atoms with Crippen LogP contribution in [0.5, 0.6) is 0 Å². The molecule has 0 radical (unpaired) electrons. The Kier molecular flexibility index (Phi) is 5.33. The van der Waals surface area contributed by atoms with Crippen molar-refractivity contribution >= 4 is 11.6 Å². The number of nitrogens with one attached hydrogen (secondary N) is 1. The lowest BCUT2D eigenvalue weighted by Gasteiger charge is -2.30. The van der Waals surface area contributed by atoms with E-state index in [1.165, 1.54) is 16.6 Å². The van der Waals surface area contributed by atoms with Crippen LogP contribution in [0.2, 0.25) is 0 Å². The Hall–Kier alpha value is -3.00. The van der Waals surface area contributed by atoms with Gasteiger partial charge in [-0.2, -0.15) is 0 Å². The Morgan fingerprint density at radius 1 is 1.25 bits per heavy atom. The molecule has 2 aliphatic rings. The maximum Gasteiger partial charge on any atom is 0.276 e. The van der Waals surface area contributed by atoms with Gasteiger partial charge in [0.2, 0.25) is 5.91 Å². The quantitative estimate of drug-likeness (QED) is 0.681. The van der Waals surface area contributed by atoms with E-state index >= 15 is 0 Å². The molecule has 8 heteroatoms. The molecule has 0 bridgehead atoms. The van der Waals surface area contributed by atoms with E-state index in [1.54, 1.807) is 12.1 Å². The molecule has 0 aliphatic carbocycles. The average Bonchev–Trinajstić information content (AvgIpc) is 3.42. The van der Waals surface area contributed by atoms with Crippen LogP contribution in [0.15, 0.2) is 35.1 Å². The molecule has 168 valence electrons. The monoisotopic (exact) mass is 437 g/mol. The van der Waals surface area contributed by atoms with Gasteiger partial charge in [-0.1, -0.05) is 12.1 Å². The van der Waals surface area contributed by atoms with Crippen LogP contribution in [-0.2, 0) is 24.2 Å². The van der Waals surface area contributed by atoms with E-state index in [4.69, 9.17) is 4.98 Å². The van der Waals surface area contributed by atoms with Gasteiger partial charge in [0.15, 0.2) is 5.65 Å². The smallest absolute Gasteiger partial charge is 0.276 e. The second kappa shape index (κ2) is 8.16. The third-order valence-electron chi connectivity index (χ3n) is 6.75. The van der Waals surface area contributed by atoms with Crippen LogP contribution in [0.3, 0.4) is 0 Å². The molecule has 0 unspecified atom stereocenters. The number of aromatic nitrogens is 3. The van der Waals surface area contributed by atoms with Crippen LogP contribution in [0, 0.1) is 5.82 Å². The highest BCUT2D eigenvalue weighted by atomic mass is 19.1. The molecular formula is C24H28FN5O2. The molecule has 1 saturated heterocycles. The van der Waals surface area contributed by atoms with E-state index in [0.717, 1.165) is 41.9 Å². The van der Waals surface area contributed by atoms with Crippen molar-refractivity contribution in [2.75, 3.05) is 13.1 Å². The van der Waals surface area contributed by atoms with Crippen LogP contribution >= 0.6 is 0 Å². The van der Waals surface area contributed by atoms with Crippen molar-refractivity contribution in [2.24, 2.45) is 0 Å². The first-order chi connectivity index (χ1) is 15.4. The molecule has 0 spiro atoms. The summed E-state index contributed by atoms with van der Waals surface area (Å²) < 4.78 is 14.7. The molecule has 7 nitrogen and oxygen atoms in total. The zero-order chi connectivity index (χ0) is 22.4. The largest absolute Gasteiger partial charge is 0.334 e. The molecule has 1 N–H and O–H groups in total. The minimum atomic E-state index is -0.310. The topological polar surface area (TPSA) is 73.7 Å². The average molecular weight is 438 g/mol. The highest BCUT2D eigenvalue weighted by Crippen LogP contribution is 2.32. The fourth-order valence-corrected chi connectivity index (χ4v) is 4.91. The van der Waals surface area contributed by atoms with Crippen molar-refractivity contribution in [3.63, 3.8) is 0 Å². The Bertz CT molecular complexity index is 1210. The summed E-state index contributed by atoms with van der Waals surface area (Å²) >= 11 is 0. The van der Waals surface area contributed by atoms with E-state index in [-0.39, 0.29) is 29.7 Å². The maximum atomic E-state index is 13.2. The standard InChI is InChI=1S/C24H28FN5O2/c1-15(2)28-11-9-18-20(14-28)26-22-13-19(27-30(22)24(18)32)21-4-3-10-29(21)23(31)12-16-5-7-17(25)8-6-16/h5-8,13,15,21,27H,3-4,9-12,14H2,1-2H3/t21-/m1/s1. The summed E-state index contributed by atoms with van der Waals surface area (Å²) in [4.78, 5) is 35.1. The number of hydrogen-bond acceptors (Lipinski definition) is 4. The molecule has 2 aliphatic heterocycles. The first-order valence-electron chi connectivity index (χ1n) is 11.3. The summed E-state index contributed by atoms with van der Waals surface area (Å²) in [5.74, 6) is -0.305. The van der Waals surface area contributed by atoms with Crippen molar-refractivity contribution in [3.8, 4) is 0 Å². The highest BCUT2D eigenvalue weighted by molar-refractivity contribution is 5.79. The molecule has 1 aromatic carbocycles. The number of carbonyl (C=O) groups excluding carboxylic acids is 1. The number of nitrogens with zero attached hydrogens (tertiary/aromatic N) is 4. The minimum absolute atomic E-state index is 0.00457. The molecule has 0 saturated carbocycles. The first kappa shape index (κ1) is 20.9. The van der Waals surface area contributed by atoms with Crippen molar-refractivity contribution < 1.29 is 9.18 Å². The second-order valence-electron chi connectivity index (χ2n) is 9.11. The molecule has 3 aromatic rings. The Balaban J connectivity index is 1.42. The first-order valence-corrected chi connectivity index (χ1v) is 11.3. The number of amides is 1. The van der Waals surface area contributed by atoms with Gasteiger partial charge in [0.05, 0.1) is 23.9 Å². The summed E-state index contributed by atoms with van der Waals surface area (Å²) in [6, 6.07) is 8.25. The van der Waals surface area contributed by atoms with Gasteiger partial charge in [0, 0.05) is 37.3 Å². The Morgan fingerprint density at radius 2 is 2.03 bits per heavy atom. The van der Waals surface area contributed by atoms with Crippen molar-refractivity contribution in [1.29, 1.82) is 0 Å². The third kappa shape index (κ3) is 3.72. The number of hydrogen-bond donors (Lipinski definition) is 1. The van der Waals surface area contributed by atoms with Crippen LogP contribution in [-0.4, -0.2) is 49.4 Å². The lowest BCUT2D eigenvalue weighted by molar-refractivity contribution is -0.131.